The first-order chi connectivity index (χ1) is 18.1. The van der Waals surface area contributed by atoms with Crippen molar-refractivity contribution in [2.24, 2.45) is 0 Å². The van der Waals surface area contributed by atoms with Crippen molar-refractivity contribution in [3.63, 3.8) is 0 Å². The van der Waals surface area contributed by atoms with Crippen LogP contribution in [0.5, 0.6) is 5.75 Å². The Hall–Kier alpha value is -4.13. The molecule has 0 saturated heterocycles. The zero-order chi connectivity index (χ0) is 25.6. The Labute approximate surface area is 215 Å². The van der Waals surface area contributed by atoms with Crippen LogP contribution in [-0.4, -0.2) is 52.3 Å². The van der Waals surface area contributed by atoms with Gasteiger partial charge in [0.05, 0.1) is 0 Å². The van der Waals surface area contributed by atoms with Crippen molar-refractivity contribution in [3.8, 4) is 5.75 Å². The van der Waals surface area contributed by atoms with Gasteiger partial charge in [-0.1, -0.05) is 48.5 Å². The summed E-state index contributed by atoms with van der Waals surface area (Å²) in [5.74, 6) is -0.0267. The lowest BCUT2D eigenvalue weighted by molar-refractivity contribution is -0.142. The van der Waals surface area contributed by atoms with E-state index in [9.17, 15) is 14.0 Å². The van der Waals surface area contributed by atoms with Gasteiger partial charge in [0.1, 0.15) is 18.1 Å². The van der Waals surface area contributed by atoms with Crippen LogP contribution in [0.15, 0.2) is 85.1 Å². The number of ether oxygens (including phenoxy) is 1. The van der Waals surface area contributed by atoms with Gasteiger partial charge in [0.15, 0.2) is 6.61 Å². The molecule has 0 unspecified atom stereocenters. The van der Waals surface area contributed by atoms with Crippen LogP contribution in [0, 0.1) is 5.82 Å². The third-order valence-corrected chi connectivity index (χ3v) is 6.68. The molecule has 0 atom stereocenters. The SMILES string of the molecule is O=C(CN(C(=O)COc1ccccc1)C1CC1)N(CCc1c[nH]c2ccccc12)Cc1ccc(F)cc1. The maximum Gasteiger partial charge on any atom is 0.261 e. The van der Waals surface area contributed by atoms with E-state index in [4.69, 9.17) is 4.74 Å². The largest absolute Gasteiger partial charge is 0.484 e. The summed E-state index contributed by atoms with van der Waals surface area (Å²) >= 11 is 0. The topological polar surface area (TPSA) is 65.6 Å². The van der Waals surface area contributed by atoms with E-state index >= 15 is 0 Å². The Morgan fingerprint density at radius 2 is 1.65 bits per heavy atom. The highest BCUT2D eigenvalue weighted by molar-refractivity contribution is 5.86. The normalized spacial score (nSPS) is 12.9. The number of rotatable bonds is 11. The molecule has 0 bridgehead atoms. The lowest BCUT2D eigenvalue weighted by atomic mass is 10.1. The van der Waals surface area contributed by atoms with Crippen LogP contribution < -0.4 is 4.74 Å². The number of amides is 2. The first-order valence-electron chi connectivity index (χ1n) is 12.6. The molecule has 190 valence electrons. The van der Waals surface area contributed by atoms with Gasteiger partial charge in [-0.25, -0.2) is 4.39 Å². The Kier molecular flexibility index (Phi) is 7.49. The molecule has 1 N–H and O–H groups in total. The number of hydrogen-bond acceptors (Lipinski definition) is 3. The van der Waals surface area contributed by atoms with Crippen molar-refractivity contribution in [1.29, 1.82) is 0 Å². The smallest absolute Gasteiger partial charge is 0.261 e. The van der Waals surface area contributed by atoms with E-state index < -0.39 is 0 Å². The highest BCUT2D eigenvalue weighted by atomic mass is 19.1. The van der Waals surface area contributed by atoms with Gasteiger partial charge in [-0.2, -0.15) is 0 Å². The lowest BCUT2D eigenvalue weighted by Gasteiger charge is -2.28. The monoisotopic (exact) mass is 499 g/mol. The third-order valence-electron chi connectivity index (χ3n) is 6.68. The fraction of sp³-hybridized carbons (Fsp3) is 0.267. The van der Waals surface area contributed by atoms with E-state index in [2.05, 4.69) is 11.1 Å². The van der Waals surface area contributed by atoms with Crippen LogP contribution in [0.4, 0.5) is 4.39 Å². The van der Waals surface area contributed by atoms with Crippen LogP contribution in [0.1, 0.15) is 24.0 Å². The molecule has 1 aliphatic carbocycles. The number of aromatic nitrogens is 1. The summed E-state index contributed by atoms with van der Waals surface area (Å²) in [6.45, 7) is 0.706. The number of benzene rings is 3. The van der Waals surface area contributed by atoms with Crippen molar-refractivity contribution in [3.05, 3.63) is 102 Å². The molecule has 0 aliphatic heterocycles. The minimum atomic E-state index is -0.315. The molecule has 7 heteroatoms. The summed E-state index contributed by atoms with van der Waals surface area (Å²) in [5, 5.41) is 1.13. The molecule has 5 rings (SSSR count). The third kappa shape index (κ3) is 6.36. The number of aromatic amines is 1. The first-order valence-corrected chi connectivity index (χ1v) is 12.6. The number of para-hydroxylation sites is 2. The molecule has 1 saturated carbocycles. The van der Waals surface area contributed by atoms with Crippen LogP contribution >= 0.6 is 0 Å². The number of nitrogens with zero attached hydrogens (tertiary/aromatic N) is 2. The fourth-order valence-corrected chi connectivity index (χ4v) is 4.49. The van der Waals surface area contributed by atoms with Crippen LogP contribution in [0.25, 0.3) is 10.9 Å². The van der Waals surface area contributed by atoms with E-state index in [1.165, 1.54) is 12.1 Å². The average Bonchev–Trinajstić information content (AvgIpc) is 3.69. The molecule has 37 heavy (non-hydrogen) atoms. The van der Waals surface area contributed by atoms with Gasteiger partial charge >= 0.3 is 0 Å². The predicted octanol–water partition coefficient (Wildman–Crippen LogP) is 4.95. The number of nitrogens with one attached hydrogen (secondary N) is 1. The fourth-order valence-electron chi connectivity index (χ4n) is 4.49. The second-order valence-corrected chi connectivity index (χ2v) is 9.41. The van der Waals surface area contributed by atoms with Crippen LogP contribution in [0.3, 0.4) is 0 Å². The van der Waals surface area contributed by atoms with Gasteiger partial charge in [0.25, 0.3) is 5.91 Å². The predicted molar refractivity (Wildman–Crippen MR) is 140 cm³/mol. The summed E-state index contributed by atoms with van der Waals surface area (Å²) in [5.41, 5.74) is 3.02. The summed E-state index contributed by atoms with van der Waals surface area (Å²) in [7, 11) is 0. The van der Waals surface area contributed by atoms with E-state index in [1.54, 1.807) is 34.1 Å². The van der Waals surface area contributed by atoms with Gasteiger partial charge in [0, 0.05) is 36.2 Å². The molecule has 2 amide bonds. The molecule has 1 fully saturated rings. The van der Waals surface area contributed by atoms with E-state index in [0.29, 0.717) is 25.3 Å². The second-order valence-electron chi connectivity index (χ2n) is 9.41. The number of hydrogen-bond donors (Lipinski definition) is 1. The molecule has 4 aromatic rings. The standard InChI is InChI=1S/C30H30FN3O3/c31-24-12-10-22(11-13-24)19-33(17-16-23-18-32-28-9-5-4-8-27(23)28)29(35)20-34(25-14-15-25)30(36)21-37-26-6-2-1-3-7-26/h1-13,18,25,32H,14-17,19-21H2. The van der Waals surface area contributed by atoms with Crippen LogP contribution in [-0.2, 0) is 22.6 Å². The molecule has 1 aliphatic rings. The molecule has 0 radical (unpaired) electrons. The van der Waals surface area contributed by atoms with Crippen molar-refractivity contribution >= 4 is 22.7 Å². The van der Waals surface area contributed by atoms with E-state index in [1.807, 2.05) is 42.6 Å². The zero-order valence-corrected chi connectivity index (χ0v) is 20.6. The molecule has 1 heterocycles. The van der Waals surface area contributed by atoms with Gasteiger partial charge in [0.2, 0.25) is 5.91 Å². The highest BCUT2D eigenvalue weighted by Gasteiger charge is 2.35. The highest BCUT2D eigenvalue weighted by Crippen LogP contribution is 2.27. The minimum absolute atomic E-state index is 0.00325. The lowest BCUT2D eigenvalue weighted by Crippen LogP contribution is -2.45. The maximum atomic E-state index is 13.6. The maximum absolute atomic E-state index is 13.6. The van der Waals surface area contributed by atoms with Crippen molar-refractivity contribution in [2.75, 3.05) is 19.7 Å². The summed E-state index contributed by atoms with van der Waals surface area (Å²) in [6, 6.07) is 23.5. The van der Waals surface area contributed by atoms with Crippen LogP contribution in [0.2, 0.25) is 0 Å². The Bertz CT molecular complexity index is 1350. The minimum Gasteiger partial charge on any atom is -0.484 e. The number of fused-ring (bicyclic) bond motifs is 1. The van der Waals surface area contributed by atoms with Gasteiger partial charge in [-0.15, -0.1) is 0 Å². The van der Waals surface area contributed by atoms with E-state index in [0.717, 1.165) is 34.9 Å². The molecule has 6 nitrogen and oxygen atoms in total. The summed E-state index contributed by atoms with van der Waals surface area (Å²) in [4.78, 5) is 33.3. The molecule has 1 aromatic heterocycles. The quantitative estimate of drug-likeness (QED) is 0.318. The molecule has 0 spiro atoms. The molecule has 3 aromatic carbocycles. The first kappa shape index (κ1) is 24.6. The molecular weight excluding hydrogens is 469 g/mol. The average molecular weight is 500 g/mol. The summed E-state index contributed by atoms with van der Waals surface area (Å²) in [6.07, 6.45) is 4.41. The van der Waals surface area contributed by atoms with Gasteiger partial charge < -0.3 is 19.5 Å². The second kappa shape index (κ2) is 11.3. The number of carbonyl (C=O) groups is 2. The van der Waals surface area contributed by atoms with Crippen molar-refractivity contribution in [1.82, 2.24) is 14.8 Å². The Morgan fingerprint density at radius 1 is 0.919 bits per heavy atom. The Balaban J connectivity index is 1.28. The number of carbonyl (C=O) groups excluding carboxylic acids is 2. The van der Waals surface area contributed by atoms with E-state index in [-0.39, 0.29) is 36.8 Å². The molecular formula is C30H30FN3O3. The van der Waals surface area contributed by atoms with Crippen molar-refractivity contribution in [2.45, 2.75) is 31.8 Å². The van der Waals surface area contributed by atoms with Crippen molar-refractivity contribution < 1.29 is 18.7 Å². The summed E-state index contributed by atoms with van der Waals surface area (Å²) < 4.78 is 19.1. The Morgan fingerprint density at radius 3 is 2.41 bits per heavy atom. The van der Waals surface area contributed by atoms with Gasteiger partial charge in [-0.05, 0) is 60.7 Å². The zero-order valence-electron chi connectivity index (χ0n) is 20.6. The number of halogens is 1. The number of H-pyrrole nitrogens is 1. The van der Waals surface area contributed by atoms with Gasteiger partial charge in [-0.3, -0.25) is 9.59 Å².